The van der Waals surface area contributed by atoms with Crippen molar-refractivity contribution >= 4 is 5.91 Å². The standard InChI is InChI=1S/C15H19N3O2/c1-11-4-5-12(6-14(11)20-3)7-15(19)18(2)10-13-8-16-17-9-13/h4-6,8-9H,7,10H2,1-3H3,(H,16,17). The van der Waals surface area contributed by atoms with Gasteiger partial charge in [0.05, 0.1) is 19.7 Å². The monoisotopic (exact) mass is 273 g/mol. The van der Waals surface area contributed by atoms with E-state index >= 15 is 0 Å². The summed E-state index contributed by atoms with van der Waals surface area (Å²) in [5.74, 6) is 0.880. The second-order valence-electron chi connectivity index (χ2n) is 4.84. The van der Waals surface area contributed by atoms with Crippen LogP contribution in [-0.2, 0) is 17.8 Å². The molecule has 5 heteroatoms. The number of nitrogens with zero attached hydrogens (tertiary/aromatic N) is 2. The minimum Gasteiger partial charge on any atom is -0.496 e. The average Bonchev–Trinajstić information content (AvgIpc) is 2.93. The van der Waals surface area contributed by atoms with Gasteiger partial charge in [-0.2, -0.15) is 5.10 Å². The predicted octanol–water partition coefficient (Wildman–Crippen LogP) is 1.93. The number of hydrogen-bond acceptors (Lipinski definition) is 3. The van der Waals surface area contributed by atoms with Crippen LogP contribution >= 0.6 is 0 Å². The second-order valence-corrected chi connectivity index (χ2v) is 4.84. The van der Waals surface area contributed by atoms with Gasteiger partial charge in [-0.15, -0.1) is 0 Å². The normalized spacial score (nSPS) is 10.3. The minimum atomic E-state index is 0.0668. The molecule has 0 saturated heterocycles. The van der Waals surface area contributed by atoms with E-state index in [-0.39, 0.29) is 5.91 Å². The van der Waals surface area contributed by atoms with Crippen molar-refractivity contribution in [3.05, 3.63) is 47.3 Å². The van der Waals surface area contributed by atoms with Gasteiger partial charge in [0.1, 0.15) is 5.75 Å². The lowest BCUT2D eigenvalue weighted by Crippen LogP contribution is -2.27. The molecule has 1 amide bonds. The van der Waals surface area contributed by atoms with Gasteiger partial charge in [0.25, 0.3) is 0 Å². The summed E-state index contributed by atoms with van der Waals surface area (Å²) in [6, 6.07) is 5.85. The van der Waals surface area contributed by atoms with E-state index in [1.807, 2.05) is 25.1 Å². The summed E-state index contributed by atoms with van der Waals surface area (Å²) in [4.78, 5) is 13.9. The number of rotatable bonds is 5. The van der Waals surface area contributed by atoms with Crippen LogP contribution in [0, 0.1) is 6.92 Å². The highest BCUT2D eigenvalue weighted by Crippen LogP contribution is 2.19. The molecule has 2 aromatic rings. The van der Waals surface area contributed by atoms with Crippen molar-refractivity contribution in [1.82, 2.24) is 15.1 Å². The van der Waals surface area contributed by atoms with Gasteiger partial charge in [-0.1, -0.05) is 12.1 Å². The maximum absolute atomic E-state index is 12.2. The van der Waals surface area contributed by atoms with Crippen molar-refractivity contribution in [1.29, 1.82) is 0 Å². The van der Waals surface area contributed by atoms with Crippen LogP contribution in [0.25, 0.3) is 0 Å². The second kappa shape index (κ2) is 6.23. The Morgan fingerprint density at radius 2 is 2.20 bits per heavy atom. The molecule has 20 heavy (non-hydrogen) atoms. The molecule has 1 aromatic carbocycles. The predicted molar refractivity (Wildman–Crippen MR) is 76.5 cm³/mol. The Labute approximate surface area is 118 Å². The molecule has 0 fully saturated rings. The Hall–Kier alpha value is -2.30. The van der Waals surface area contributed by atoms with E-state index in [1.165, 1.54) is 0 Å². The molecule has 0 saturated carbocycles. The third-order valence-corrected chi connectivity index (χ3v) is 3.23. The number of nitrogens with one attached hydrogen (secondary N) is 1. The zero-order valence-corrected chi connectivity index (χ0v) is 12.0. The fraction of sp³-hybridized carbons (Fsp3) is 0.333. The number of benzene rings is 1. The maximum atomic E-state index is 12.2. The summed E-state index contributed by atoms with van der Waals surface area (Å²) < 4.78 is 5.28. The smallest absolute Gasteiger partial charge is 0.227 e. The molecule has 1 aromatic heterocycles. The van der Waals surface area contributed by atoms with Gasteiger partial charge < -0.3 is 9.64 Å². The van der Waals surface area contributed by atoms with Crippen LogP contribution in [0.2, 0.25) is 0 Å². The van der Waals surface area contributed by atoms with Crippen molar-refractivity contribution in [3.8, 4) is 5.75 Å². The molecule has 0 aliphatic heterocycles. The molecule has 5 nitrogen and oxygen atoms in total. The lowest BCUT2D eigenvalue weighted by atomic mass is 10.1. The highest BCUT2D eigenvalue weighted by atomic mass is 16.5. The van der Waals surface area contributed by atoms with Gasteiger partial charge in [-0.3, -0.25) is 9.89 Å². The number of H-pyrrole nitrogens is 1. The zero-order valence-electron chi connectivity index (χ0n) is 12.0. The highest BCUT2D eigenvalue weighted by molar-refractivity contribution is 5.78. The molecule has 0 atom stereocenters. The largest absolute Gasteiger partial charge is 0.496 e. The number of ether oxygens (including phenoxy) is 1. The first-order valence-corrected chi connectivity index (χ1v) is 6.45. The Balaban J connectivity index is 2.00. The van der Waals surface area contributed by atoms with Crippen LogP contribution in [-0.4, -0.2) is 35.2 Å². The van der Waals surface area contributed by atoms with E-state index < -0.39 is 0 Å². The Bertz CT molecular complexity index is 579. The van der Waals surface area contributed by atoms with E-state index in [0.717, 1.165) is 22.4 Å². The Kier molecular flexibility index (Phi) is 4.40. The quantitative estimate of drug-likeness (QED) is 0.905. The molecule has 1 heterocycles. The number of likely N-dealkylation sites (N-methyl/N-ethyl adjacent to an activating group) is 1. The van der Waals surface area contributed by atoms with Crippen LogP contribution < -0.4 is 4.74 Å². The van der Waals surface area contributed by atoms with Gasteiger partial charge in [0, 0.05) is 25.4 Å². The van der Waals surface area contributed by atoms with Gasteiger partial charge in [0.2, 0.25) is 5.91 Å². The lowest BCUT2D eigenvalue weighted by molar-refractivity contribution is -0.129. The number of aromatic nitrogens is 2. The summed E-state index contributed by atoms with van der Waals surface area (Å²) in [6.45, 7) is 2.54. The topological polar surface area (TPSA) is 58.2 Å². The molecule has 2 rings (SSSR count). The summed E-state index contributed by atoms with van der Waals surface area (Å²) in [7, 11) is 3.43. The van der Waals surface area contributed by atoms with E-state index in [9.17, 15) is 4.79 Å². The highest BCUT2D eigenvalue weighted by Gasteiger charge is 2.11. The Morgan fingerprint density at radius 1 is 1.40 bits per heavy atom. The molecule has 0 radical (unpaired) electrons. The van der Waals surface area contributed by atoms with Crippen LogP contribution in [0.15, 0.2) is 30.6 Å². The van der Waals surface area contributed by atoms with E-state index in [1.54, 1.807) is 31.5 Å². The number of hydrogen-bond donors (Lipinski definition) is 1. The van der Waals surface area contributed by atoms with Crippen LogP contribution in [0.5, 0.6) is 5.75 Å². The van der Waals surface area contributed by atoms with Crippen molar-refractivity contribution in [2.75, 3.05) is 14.2 Å². The number of carbonyl (C=O) groups excluding carboxylic acids is 1. The molecular formula is C15H19N3O2. The van der Waals surface area contributed by atoms with Crippen molar-refractivity contribution < 1.29 is 9.53 Å². The molecule has 0 aliphatic carbocycles. The number of amides is 1. The summed E-state index contributed by atoms with van der Waals surface area (Å²) in [5.41, 5.74) is 3.01. The number of aromatic amines is 1. The molecule has 0 unspecified atom stereocenters. The third-order valence-electron chi connectivity index (χ3n) is 3.23. The molecule has 0 aliphatic rings. The minimum absolute atomic E-state index is 0.0668. The maximum Gasteiger partial charge on any atom is 0.227 e. The fourth-order valence-corrected chi connectivity index (χ4v) is 2.01. The van der Waals surface area contributed by atoms with Crippen LogP contribution in [0.1, 0.15) is 16.7 Å². The SMILES string of the molecule is COc1cc(CC(=O)N(C)Cc2cn[nH]c2)ccc1C. The van der Waals surface area contributed by atoms with E-state index in [4.69, 9.17) is 4.74 Å². The van der Waals surface area contributed by atoms with Gasteiger partial charge in [-0.05, 0) is 24.1 Å². The van der Waals surface area contributed by atoms with Crippen molar-refractivity contribution in [2.24, 2.45) is 0 Å². The third kappa shape index (κ3) is 3.38. The summed E-state index contributed by atoms with van der Waals surface area (Å²) in [6.07, 6.45) is 3.88. The first-order valence-electron chi connectivity index (χ1n) is 6.45. The van der Waals surface area contributed by atoms with Gasteiger partial charge in [-0.25, -0.2) is 0 Å². The van der Waals surface area contributed by atoms with E-state index in [0.29, 0.717) is 13.0 Å². The first kappa shape index (κ1) is 14.1. The van der Waals surface area contributed by atoms with E-state index in [2.05, 4.69) is 10.2 Å². The number of aryl methyl sites for hydroxylation is 1. The zero-order chi connectivity index (χ0) is 14.5. The average molecular weight is 273 g/mol. The van der Waals surface area contributed by atoms with Crippen molar-refractivity contribution in [2.45, 2.75) is 19.9 Å². The summed E-state index contributed by atoms with van der Waals surface area (Å²) >= 11 is 0. The number of methoxy groups -OCH3 is 1. The Morgan fingerprint density at radius 3 is 2.85 bits per heavy atom. The van der Waals surface area contributed by atoms with Crippen molar-refractivity contribution in [3.63, 3.8) is 0 Å². The fourth-order valence-electron chi connectivity index (χ4n) is 2.01. The molecule has 106 valence electrons. The summed E-state index contributed by atoms with van der Waals surface area (Å²) in [5, 5.41) is 6.61. The molecular weight excluding hydrogens is 254 g/mol. The van der Waals surface area contributed by atoms with Gasteiger partial charge >= 0.3 is 0 Å². The van der Waals surface area contributed by atoms with Crippen LogP contribution in [0.4, 0.5) is 0 Å². The van der Waals surface area contributed by atoms with Gasteiger partial charge in [0.15, 0.2) is 0 Å². The lowest BCUT2D eigenvalue weighted by Gasteiger charge is -2.16. The molecule has 1 N–H and O–H groups in total. The first-order chi connectivity index (χ1) is 9.60. The molecule has 0 bridgehead atoms. The van der Waals surface area contributed by atoms with Crippen LogP contribution in [0.3, 0.4) is 0 Å². The molecule has 0 spiro atoms. The number of carbonyl (C=O) groups is 1.